The third kappa shape index (κ3) is 5.95. The molecular weight excluding hydrogens is 338 g/mol. The molecule has 1 fully saturated rings. The largest absolute Gasteiger partial charge is 0.512 e. The van der Waals surface area contributed by atoms with E-state index in [0.717, 1.165) is 18.4 Å². The lowest BCUT2D eigenvalue weighted by Crippen LogP contribution is -2.37. The molecule has 148 valence electrons. The Balaban J connectivity index is 1.93. The molecule has 4 heteroatoms. The number of carbonyl (C=O) groups excluding carboxylic acids is 2. The highest BCUT2D eigenvalue weighted by molar-refractivity contribution is 6.26. The molecule has 1 aromatic rings. The Morgan fingerprint density at radius 2 is 1.56 bits per heavy atom. The van der Waals surface area contributed by atoms with Gasteiger partial charge in [-0.25, -0.2) is 0 Å². The van der Waals surface area contributed by atoms with Crippen LogP contribution in [0.3, 0.4) is 0 Å². The number of hydrogen-bond acceptors (Lipinski definition) is 3. The van der Waals surface area contributed by atoms with E-state index in [2.05, 4.69) is 6.92 Å². The predicted molar refractivity (Wildman–Crippen MR) is 109 cm³/mol. The van der Waals surface area contributed by atoms with Crippen molar-refractivity contribution in [2.45, 2.75) is 77.7 Å². The van der Waals surface area contributed by atoms with Gasteiger partial charge in [0.05, 0.1) is 6.04 Å². The quantitative estimate of drug-likeness (QED) is 0.258. The second kappa shape index (κ2) is 10.9. The highest BCUT2D eigenvalue weighted by Crippen LogP contribution is 2.26. The average Bonchev–Trinajstić information content (AvgIpc) is 2.88. The van der Waals surface area contributed by atoms with Crippen LogP contribution in [0.1, 0.15) is 70.8 Å². The summed E-state index contributed by atoms with van der Waals surface area (Å²) in [6.45, 7) is 4.22. The maximum absolute atomic E-state index is 12.7. The van der Waals surface area contributed by atoms with Gasteiger partial charge in [-0.3, -0.25) is 9.59 Å². The van der Waals surface area contributed by atoms with Crippen molar-refractivity contribution in [1.29, 1.82) is 0 Å². The lowest BCUT2D eigenvalue weighted by Gasteiger charge is -2.23. The van der Waals surface area contributed by atoms with Crippen LogP contribution in [0.25, 0.3) is 0 Å². The zero-order valence-electron chi connectivity index (χ0n) is 16.7. The van der Waals surface area contributed by atoms with Crippen LogP contribution in [-0.4, -0.2) is 34.3 Å². The minimum absolute atomic E-state index is 0.0319. The van der Waals surface area contributed by atoms with Crippen LogP contribution in [0.5, 0.6) is 0 Å². The molecule has 1 saturated heterocycles. The van der Waals surface area contributed by atoms with Crippen molar-refractivity contribution in [3.05, 3.63) is 47.2 Å². The predicted octanol–water partition coefficient (Wildman–Crippen LogP) is 4.98. The number of carbonyl (C=O) groups is 2. The molecule has 0 spiro atoms. The van der Waals surface area contributed by atoms with Gasteiger partial charge in [0.25, 0.3) is 5.91 Å². The van der Waals surface area contributed by atoms with Gasteiger partial charge in [0.15, 0.2) is 5.78 Å². The number of allylic oxidation sites excluding steroid dienone is 1. The molecule has 0 aromatic heterocycles. The molecule has 0 radical (unpaired) electrons. The van der Waals surface area contributed by atoms with Gasteiger partial charge in [-0.15, -0.1) is 0 Å². The Bertz CT molecular complexity index is 647. The van der Waals surface area contributed by atoms with Gasteiger partial charge < -0.3 is 10.0 Å². The first kappa shape index (κ1) is 21.2. The zero-order valence-corrected chi connectivity index (χ0v) is 16.7. The van der Waals surface area contributed by atoms with E-state index in [1.807, 2.05) is 30.3 Å². The van der Waals surface area contributed by atoms with Crippen LogP contribution in [0.2, 0.25) is 0 Å². The van der Waals surface area contributed by atoms with Gasteiger partial charge >= 0.3 is 0 Å². The topological polar surface area (TPSA) is 57.6 Å². The number of aliphatic hydroxyl groups excluding tert-OH is 1. The summed E-state index contributed by atoms with van der Waals surface area (Å²) in [4.78, 5) is 27.1. The van der Waals surface area contributed by atoms with Gasteiger partial charge in [0.2, 0.25) is 0 Å². The number of benzene rings is 1. The summed E-state index contributed by atoms with van der Waals surface area (Å²) in [7, 11) is 0. The Morgan fingerprint density at radius 3 is 2.15 bits per heavy atom. The Kier molecular flexibility index (Phi) is 8.56. The van der Waals surface area contributed by atoms with Crippen molar-refractivity contribution in [2.24, 2.45) is 0 Å². The monoisotopic (exact) mass is 371 g/mol. The van der Waals surface area contributed by atoms with Crippen LogP contribution in [0.15, 0.2) is 41.7 Å². The van der Waals surface area contributed by atoms with Crippen molar-refractivity contribution in [2.75, 3.05) is 6.54 Å². The summed E-state index contributed by atoms with van der Waals surface area (Å²) in [5.41, 5.74) is 0.997. The number of Topliss-reactive ketones (excluding diaryl/α,β-unsaturated/α-hetero) is 1. The molecule has 4 nitrogen and oxygen atoms in total. The third-order valence-corrected chi connectivity index (χ3v) is 5.29. The summed E-state index contributed by atoms with van der Waals surface area (Å²) in [5.74, 6) is -0.728. The molecule has 1 aromatic carbocycles. The van der Waals surface area contributed by atoms with E-state index >= 15 is 0 Å². The van der Waals surface area contributed by atoms with Crippen molar-refractivity contribution < 1.29 is 14.7 Å². The van der Waals surface area contributed by atoms with E-state index in [4.69, 9.17) is 0 Å². The lowest BCUT2D eigenvalue weighted by atomic mass is 10.0. The normalized spacial score (nSPS) is 19.0. The van der Waals surface area contributed by atoms with E-state index in [9.17, 15) is 14.7 Å². The average molecular weight is 372 g/mol. The lowest BCUT2D eigenvalue weighted by molar-refractivity contribution is -0.127. The van der Waals surface area contributed by atoms with E-state index in [1.165, 1.54) is 45.4 Å². The second-order valence-corrected chi connectivity index (χ2v) is 7.50. The molecule has 0 aliphatic carbocycles. The molecule has 27 heavy (non-hydrogen) atoms. The zero-order chi connectivity index (χ0) is 19.6. The maximum atomic E-state index is 12.7. The molecule has 2 rings (SSSR count). The number of hydrogen-bond donors (Lipinski definition) is 1. The fourth-order valence-electron chi connectivity index (χ4n) is 3.75. The van der Waals surface area contributed by atoms with Crippen molar-refractivity contribution in [1.82, 2.24) is 4.90 Å². The first-order valence-electron chi connectivity index (χ1n) is 10.3. The Labute approximate surface area is 163 Å². The minimum atomic E-state index is -0.499. The Hall–Kier alpha value is -2.10. The van der Waals surface area contributed by atoms with E-state index < -0.39 is 6.04 Å². The highest BCUT2D eigenvalue weighted by Gasteiger charge is 2.43. The number of unbranched alkanes of at least 4 members (excludes halogenated alkanes) is 7. The molecule has 0 saturated carbocycles. The van der Waals surface area contributed by atoms with Crippen molar-refractivity contribution >= 4 is 11.7 Å². The van der Waals surface area contributed by atoms with Gasteiger partial charge in [0.1, 0.15) is 11.3 Å². The summed E-state index contributed by atoms with van der Waals surface area (Å²) in [6.07, 6.45) is 10.0. The number of amides is 1. The SMILES string of the molecule is CCCCCCCCCCN1C(=O)C(=C(C)O)C(=O)C1Cc1ccccc1. The maximum Gasteiger partial charge on any atom is 0.261 e. The molecule has 1 aliphatic heterocycles. The molecule has 1 heterocycles. The first-order valence-corrected chi connectivity index (χ1v) is 10.3. The van der Waals surface area contributed by atoms with Crippen molar-refractivity contribution in [3.8, 4) is 0 Å². The van der Waals surface area contributed by atoms with Gasteiger partial charge in [-0.1, -0.05) is 82.2 Å². The number of nitrogens with zero attached hydrogens (tertiary/aromatic N) is 1. The molecular formula is C23H33NO3. The summed E-state index contributed by atoms with van der Waals surface area (Å²) in [6, 6.07) is 9.26. The van der Waals surface area contributed by atoms with Gasteiger partial charge in [-0.2, -0.15) is 0 Å². The van der Waals surface area contributed by atoms with Crippen LogP contribution >= 0.6 is 0 Å². The number of aliphatic hydroxyl groups is 1. The van der Waals surface area contributed by atoms with Crippen LogP contribution in [0, 0.1) is 0 Å². The molecule has 1 aliphatic rings. The molecule has 1 N–H and O–H groups in total. The van der Waals surface area contributed by atoms with Gasteiger partial charge in [-0.05, 0) is 18.9 Å². The van der Waals surface area contributed by atoms with Crippen LogP contribution in [0.4, 0.5) is 0 Å². The van der Waals surface area contributed by atoms with E-state index in [0.29, 0.717) is 13.0 Å². The minimum Gasteiger partial charge on any atom is -0.512 e. The first-order chi connectivity index (χ1) is 13.1. The highest BCUT2D eigenvalue weighted by atomic mass is 16.3. The summed E-state index contributed by atoms with van der Waals surface area (Å²) in [5, 5.41) is 9.82. The number of likely N-dealkylation sites (tertiary alicyclic amines) is 1. The Morgan fingerprint density at radius 1 is 0.963 bits per heavy atom. The number of ketones is 1. The molecule has 1 atom stereocenters. The second-order valence-electron chi connectivity index (χ2n) is 7.50. The molecule has 1 amide bonds. The summed E-state index contributed by atoms with van der Waals surface area (Å²) >= 11 is 0. The molecule has 1 unspecified atom stereocenters. The van der Waals surface area contributed by atoms with E-state index in [-0.39, 0.29) is 23.0 Å². The van der Waals surface area contributed by atoms with Crippen LogP contribution < -0.4 is 0 Å². The van der Waals surface area contributed by atoms with Gasteiger partial charge in [0, 0.05) is 13.0 Å². The number of rotatable bonds is 11. The van der Waals surface area contributed by atoms with Crippen LogP contribution in [-0.2, 0) is 16.0 Å². The van der Waals surface area contributed by atoms with Crippen molar-refractivity contribution in [3.63, 3.8) is 0 Å². The fourth-order valence-corrected chi connectivity index (χ4v) is 3.75. The smallest absolute Gasteiger partial charge is 0.261 e. The third-order valence-electron chi connectivity index (χ3n) is 5.29. The fraction of sp³-hybridized carbons (Fsp3) is 0.565. The standard InChI is InChI=1S/C23H33NO3/c1-3-4-5-6-7-8-9-13-16-24-20(17-19-14-11-10-12-15-19)22(26)21(18(2)25)23(24)27/h10-12,14-15,20,25H,3-9,13,16-17H2,1-2H3. The summed E-state index contributed by atoms with van der Waals surface area (Å²) < 4.78 is 0. The van der Waals surface area contributed by atoms with E-state index in [1.54, 1.807) is 4.90 Å². The molecule has 0 bridgehead atoms.